The van der Waals surface area contributed by atoms with Gasteiger partial charge in [0.15, 0.2) is 17.5 Å². The smallest absolute Gasteiger partial charge is 0.185 e. The van der Waals surface area contributed by atoms with Crippen LogP contribution in [0.5, 0.6) is 0 Å². The van der Waals surface area contributed by atoms with Gasteiger partial charge >= 0.3 is 0 Å². The third-order valence-corrected chi connectivity index (χ3v) is 1.43. The van der Waals surface area contributed by atoms with E-state index in [0.717, 1.165) is 0 Å². The number of halogens is 3. The van der Waals surface area contributed by atoms with E-state index in [9.17, 15) is 13.2 Å². The molecule has 1 rings (SSSR count). The number of anilines is 2. The molecule has 0 fully saturated rings. The largest absolute Gasteiger partial charge is 0.396 e. The lowest BCUT2D eigenvalue weighted by Crippen LogP contribution is -2.03. The summed E-state index contributed by atoms with van der Waals surface area (Å²) in [5, 5.41) is 2.18. The van der Waals surface area contributed by atoms with Gasteiger partial charge in [0.2, 0.25) is 0 Å². The van der Waals surface area contributed by atoms with Crippen molar-refractivity contribution < 1.29 is 13.2 Å². The fraction of sp³-hybridized carbons (Fsp3) is 0.143. The summed E-state index contributed by atoms with van der Waals surface area (Å²) in [6.07, 6.45) is 0. The van der Waals surface area contributed by atoms with Crippen molar-refractivity contribution in [1.82, 2.24) is 0 Å². The first-order valence-electron chi connectivity index (χ1n) is 3.18. The van der Waals surface area contributed by atoms with E-state index < -0.39 is 28.8 Å². The average Bonchev–Trinajstić information content (AvgIpc) is 2.02. The highest BCUT2D eigenvalue weighted by molar-refractivity contribution is 5.57. The number of hydrogen-bond donors (Lipinski definition) is 2. The Morgan fingerprint density at radius 1 is 1.25 bits per heavy atom. The summed E-state index contributed by atoms with van der Waals surface area (Å²) in [6.45, 7) is 0. The Kier molecular flexibility index (Phi) is 2.12. The molecule has 0 aromatic heterocycles. The number of rotatable bonds is 1. The zero-order valence-electron chi connectivity index (χ0n) is 6.29. The summed E-state index contributed by atoms with van der Waals surface area (Å²) < 4.78 is 38.1. The zero-order valence-corrected chi connectivity index (χ0v) is 6.29. The van der Waals surface area contributed by atoms with Crippen LogP contribution in [0.1, 0.15) is 0 Å². The SMILES string of the molecule is CNc1c(F)c(N)cc(F)c1F. The van der Waals surface area contributed by atoms with E-state index >= 15 is 0 Å². The molecule has 0 spiro atoms. The summed E-state index contributed by atoms with van der Waals surface area (Å²) in [6, 6.07) is 0.603. The molecule has 0 saturated carbocycles. The molecule has 0 heterocycles. The third kappa shape index (κ3) is 1.17. The van der Waals surface area contributed by atoms with Crippen LogP contribution in [0, 0.1) is 17.5 Å². The minimum absolute atomic E-state index is 0.418. The Hall–Kier alpha value is -1.39. The van der Waals surface area contributed by atoms with Crippen LogP contribution in [-0.2, 0) is 0 Å². The minimum atomic E-state index is -1.26. The number of nitrogens with one attached hydrogen (secondary N) is 1. The Balaban J connectivity index is 3.42. The second-order valence-electron chi connectivity index (χ2n) is 2.20. The Labute approximate surface area is 67.2 Å². The number of benzene rings is 1. The van der Waals surface area contributed by atoms with Crippen molar-refractivity contribution in [2.24, 2.45) is 0 Å². The summed E-state index contributed by atoms with van der Waals surface area (Å²) in [4.78, 5) is 0. The predicted octanol–water partition coefficient (Wildman–Crippen LogP) is 1.73. The second-order valence-corrected chi connectivity index (χ2v) is 2.20. The highest BCUT2D eigenvalue weighted by Gasteiger charge is 2.15. The van der Waals surface area contributed by atoms with Crippen LogP contribution >= 0.6 is 0 Å². The van der Waals surface area contributed by atoms with Gasteiger partial charge in [0.05, 0.1) is 5.69 Å². The zero-order chi connectivity index (χ0) is 9.30. The van der Waals surface area contributed by atoms with E-state index in [0.29, 0.717) is 6.07 Å². The first-order valence-corrected chi connectivity index (χ1v) is 3.18. The van der Waals surface area contributed by atoms with E-state index in [-0.39, 0.29) is 0 Å². The van der Waals surface area contributed by atoms with Crippen LogP contribution in [0.15, 0.2) is 6.07 Å². The summed E-state index contributed by atoms with van der Waals surface area (Å²) >= 11 is 0. The number of nitrogen functional groups attached to an aromatic ring is 1. The molecule has 0 unspecified atom stereocenters. The van der Waals surface area contributed by atoms with E-state index in [1.54, 1.807) is 0 Å². The molecule has 2 nitrogen and oxygen atoms in total. The van der Waals surface area contributed by atoms with Gasteiger partial charge in [-0.1, -0.05) is 0 Å². The summed E-state index contributed by atoms with van der Waals surface area (Å²) in [5.74, 6) is -3.40. The van der Waals surface area contributed by atoms with E-state index in [1.165, 1.54) is 7.05 Å². The molecule has 0 amide bonds. The lowest BCUT2D eigenvalue weighted by Gasteiger charge is -2.06. The molecule has 0 radical (unpaired) electrons. The van der Waals surface area contributed by atoms with Crippen LogP contribution in [0.2, 0.25) is 0 Å². The maximum Gasteiger partial charge on any atom is 0.185 e. The fourth-order valence-corrected chi connectivity index (χ4v) is 0.843. The van der Waals surface area contributed by atoms with Gasteiger partial charge in [-0.25, -0.2) is 13.2 Å². The van der Waals surface area contributed by atoms with Gasteiger partial charge < -0.3 is 11.1 Å². The topological polar surface area (TPSA) is 38.0 Å². The van der Waals surface area contributed by atoms with Gasteiger partial charge in [-0.3, -0.25) is 0 Å². The quantitative estimate of drug-likeness (QED) is 0.505. The Bertz CT molecular complexity index is 286. The van der Waals surface area contributed by atoms with Gasteiger partial charge in [0.1, 0.15) is 5.69 Å². The van der Waals surface area contributed by atoms with E-state index in [4.69, 9.17) is 5.73 Å². The van der Waals surface area contributed by atoms with Gasteiger partial charge in [-0.15, -0.1) is 0 Å². The number of hydrogen-bond acceptors (Lipinski definition) is 2. The van der Waals surface area contributed by atoms with Crippen LogP contribution in [0.3, 0.4) is 0 Å². The maximum absolute atomic E-state index is 12.8. The summed E-state index contributed by atoms with van der Waals surface area (Å²) in [5.41, 5.74) is 4.08. The minimum Gasteiger partial charge on any atom is -0.396 e. The predicted molar refractivity (Wildman–Crippen MR) is 40.3 cm³/mol. The van der Waals surface area contributed by atoms with E-state index in [1.807, 2.05) is 0 Å². The molecular weight excluding hydrogens is 169 g/mol. The molecule has 1 aromatic rings. The highest BCUT2D eigenvalue weighted by Crippen LogP contribution is 2.25. The molecule has 0 aliphatic heterocycles. The van der Waals surface area contributed by atoms with Crippen molar-refractivity contribution in [3.63, 3.8) is 0 Å². The monoisotopic (exact) mass is 176 g/mol. The van der Waals surface area contributed by atoms with Crippen molar-refractivity contribution in [2.45, 2.75) is 0 Å². The second kappa shape index (κ2) is 2.92. The molecule has 66 valence electrons. The standard InChI is InChI=1S/C7H7F3N2/c1-12-7-5(9)3(8)2-4(11)6(7)10/h2,12H,11H2,1H3. The molecule has 12 heavy (non-hydrogen) atoms. The molecule has 0 saturated heterocycles. The molecule has 0 atom stereocenters. The fourth-order valence-electron chi connectivity index (χ4n) is 0.843. The maximum atomic E-state index is 12.8. The molecule has 0 aliphatic rings. The van der Waals surface area contributed by atoms with Gasteiger partial charge in [-0.2, -0.15) is 0 Å². The van der Waals surface area contributed by atoms with Crippen LogP contribution in [-0.4, -0.2) is 7.05 Å². The van der Waals surface area contributed by atoms with Crippen molar-refractivity contribution in [3.8, 4) is 0 Å². The van der Waals surface area contributed by atoms with Gasteiger partial charge in [-0.05, 0) is 0 Å². The van der Waals surface area contributed by atoms with Gasteiger partial charge in [0.25, 0.3) is 0 Å². The summed E-state index contributed by atoms with van der Waals surface area (Å²) in [7, 11) is 1.28. The molecule has 3 N–H and O–H groups in total. The first kappa shape index (κ1) is 8.70. The molecular formula is C7H7F3N2. The van der Waals surface area contributed by atoms with E-state index in [2.05, 4.69) is 5.32 Å². The lowest BCUT2D eigenvalue weighted by atomic mass is 10.2. The average molecular weight is 176 g/mol. The van der Waals surface area contributed by atoms with Crippen molar-refractivity contribution >= 4 is 11.4 Å². The highest BCUT2D eigenvalue weighted by atomic mass is 19.2. The molecule has 0 bridgehead atoms. The molecule has 5 heteroatoms. The van der Waals surface area contributed by atoms with Crippen molar-refractivity contribution in [2.75, 3.05) is 18.1 Å². The third-order valence-electron chi connectivity index (χ3n) is 1.43. The lowest BCUT2D eigenvalue weighted by molar-refractivity contribution is 0.501. The van der Waals surface area contributed by atoms with Gasteiger partial charge in [0, 0.05) is 13.1 Å². The van der Waals surface area contributed by atoms with Crippen molar-refractivity contribution in [3.05, 3.63) is 23.5 Å². The van der Waals surface area contributed by atoms with Crippen molar-refractivity contribution in [1.29, 1.82) is 0 Å². The van der Waals surface area contributed by atoms with Crippen LogP contribution < -0.4 is 11.1 Å². The molecule has 1 aromatic carbocycles. The van der Waals surface area contributed by atoms with Crippen LogP contribution in [0.4, 0.5) is 24.5 Å². The Morgan fingerprint density at radius 2 is 1.83 bits per heavy atom. The normalized spacial score (nSPS) is 10.0. The first-order chi connectivity index (χ1) is 5.57. The number of nitrogens with two attached hydrogens (primary N) is 1. The molecule has 0 aliphatic carbocycles. The van der Waals surface area contributed by atoms with Crippen LogP contribution in [0.25, 0.3) is 0 Å². The Morgan fingerprint density at radius 3 is 2.33 bits per heavy atom.